The van der Waals surface area contributed by atoms with Crippen LogP contribution in [0.3, 0.4) is 0 Å². The molecule has 3 heteroatoms. The zero-order valence-corrected chi connectivity index (χ0v) is 56.7. The average Bonchev–Trinajstić information content (AvgIpc) is 3.45. The third-order valence-electron chi connectivity index (χ3n) is 19.4. The number of alkyl halides is 3. The van der Waals surface area contributed by atoms with Crippen LogP contribution >= 0.6 is 0 Å². The first-order chi connectivity index (χ1) is 39.9. The van der Waals surface area contributed by atoms with E-state index in [1.807, 2.05) is 0 Å². The Morgan fingerprint density at radius 1 is 0.160 bits per heavy atom. The summed E-state index contributed by atoms with van der Waals surface area (Å²) in [6.45, 7) is 6.96. The highest BCUT2D eigenvalue weighted by Crippen LogP contribution is 2.29. The summed E-state index contributed by atoms with van der Waals surface area (Å²) in [6, 6.07) is 0. The van der Waals surface area contributed by atoms with Crippen molar-refractivity contribution in [3.8, 4) is 0 Å². The zero-order valence-electron chi connectivity index (χ0n) is 56.7. The lowest BCUT2D eigenvalue weighted by atomic mass is 9.86. The van der Waals surface area contributed by atoms with Crippen molar-refractivity contribution in [3.05, 3.63) is 0 Å². The van der Waals surface area contributed by atoms with Gasteiger partial charge in [0.05, 0.1) is 0 Å². The van der Waals surface area contributed by atoms with E-state index in [9.17, 15) is 13.2 Å². The van der Waals surface area contributed by atoms with E-state index in [0.717, 1.165) is 31.1 Å². The van der Waals surface area contributed by atoms with Crippen LogP contribution in [0, 0.1) is 11.8 Å². The number of rotatable bonds is 73. The molecule has 0 aliphatic heterocycles. The highest BCUT2D eigenvalue weighted by Gasteiger charge is 2.25. The van der Waals surface area contributed by atoms with E-state index in [-0.39, 0.29) is 0 Å². The monoisotopic (exact) mass is 1150 g/mol. The summed E-state index contributed by atoms with van der Waals surface area (Å²) < 4.78 is 37.1. The third-order valence-corrected chi connectivity index (χ3v) is 19.4. The smallest absolute Gasteiger partial charge is 0.171 e. The van der Waals surface area contributed by atoms with Crippen LogP contribution in [-0.2, 0) is 0 Å². The lowest BCUT2D eigenvalue weighted by Crippen LogP contribution is -2.06. The molecule has 0 spiro atoms. The molecule has 1 unspecified atom stereocenters. The summed E-state index contributed by atoms with van der Waals surface area (Å²) in [7, 11) is 0. The van der Waals surface area contributed by atoms with Gasteiger partial charge in [-0.2, -0.15) is 13.2 Å². The number of hydrogen-bond donors (Lipinski definition) is 0. The average molecular weight is 1150 g/mol. The molecular formula is C78H155F3. The molecule has 81 heavy (non-hydrogen) atoms. The Labute approximate surface area is 511 Å². The Balaban J connectivity index is 4.77. The highest BCUT2D eigenvalue weighted by atomic mass is 19.4. The van der Waals surface area contributed by atoms with Gasteiger partial charge in [0.1, 0.15) is 0 Å². The van der Waals surface area contributed by atoms with Crippen LogP contribution in [0.25, 0.3) is 0 Å². The molecule has 0 nitrogen and oxygen atoms in total. The molecule has 0 aromatic rings. The Morgan fingerprint density at radius 2 is 0.272 bits per heavy atom. The molecule has 0 aliphatic rings. The summed E-state index contributed by atoms with van der Waals surface area (Å²) in [5, 5.41) is 0. The highest BCUT2D eigenvalue weighted by molar-refractivity contribution is 4.66. The second kappa shape index (κ2) is 70.6. The predicted molar refractivity (Wildman–Crippen MR) is 362 cm³/mol. The van der Waals surface area contributed by atoms with Gasteiger partial charge in [0.2, 0.25) is 0 Å². The van der Waals surface area contributed by atoms with Gasteiger partial charge in [-0.3, -0.25) is 0 Å². The van der Waals surface area contributed by atoms with Crippen molar-refractivity contribution in [3.63, 3.8) is 0 Å². The first kappa shape index (κ1) is 80.8. The van der Waals surface area contributed by atoms with Crippen LogP contribution in [-0.4, -0.2) is 6.18 Å². The van der Waals surface area contributed by atoms with Crippen LogP contribution < -0.4 is 0 Å². The van der Waals surface area contributed by atoms with E-state index in [0.29, 0.717) is 6.42 Å². The molecule has 0 radical (unpaired) electrons. The van der Waals surface area contributed by atoms with Crippen LogP contribution in [0.15, 0.2) is 0 Å². The van der Waals surface area contributed by atoms with Crippen LogP contribution in [0.4, 0.5) is 13.2 Å². The van der Waals surface area contributed by atoms with Gasteiger partial charge in [0.25, 0.3) is 0 Å². The molecule has 0 heterocycles. The van der Waals surface area contributed by atoms with Gasteiger partial charge in [-0.25, -0.2) is 0 Å². The van der Waals surface area contributed by atoms with Gasteiger partial charge in [0, 0.05) is 6.42 Å². The Morgan fingerprint density at radius 3 is 0.407 bits per heavy atom. The van der Waals surface area contributed by atoms with Crippen molar-refractivity contribution < 1.29 is 13.2 Å². The van der Waals surface area contributed by atoms with Gasteiger partial charge < -0.3 is 0 Å². The van der Waals surface area contributed by atoms with Crippen LogP contribution in [0.2, 0.25) is 0 Å². The maximum atomic E-state index is 12.4. The minimum absolute atomic E-state index is 0.309. The molecule has 0 aromatic carbocycles. The molecule has 0 bridgehead atoms. The quantitative estimate of drug-likeness (QED) is 0.0533. The molecule has 0 aliphatic carbocycles. The molecule has 0 saturated carbocycles. The molecular weight excluding hydrogens is 994 g/mol. The predicted octanol–water partition coefficient (Wildman–Crippen LogP) is 30.9. The van der Waals surface area contributed by atoms with Crippen LogP contribution in [0.5, 0.6) is 0 Å². The third kappa shape index (κ3) is 72.2. The van der Waals surface area contributed by atoms with E-state index in [2.05, 4.69) is 20.8 Å². The molecule has 0 N–H and O–H groups in total. The van der Waals surface area contributed by atoms with Crippen molar-refractivity contribution in [2.75, 3.05) is 0 Å². The van der Waals surface area contributed by atoms with E-state index < -0.39 is 12.6 Å². The van der Waals surface area contributed by atoms with Crippen molar-refractivity contribution in [2.24, 2.45) is 11.8 Å². The van der Waals surface area contributed by atoms with Crippen molar-refractivity contribution >= 4 is 0 Å². The van der Waals surface area contributed by atoms with Gasteiger partial charge in [-0.15, -0.1) is 0 Å². The van der Waals surface area contributed by atoms with E-state index >= 15 is 0 Å². The first-order valence-electron chi connectivity index (χ1n) is 39.0. The zero-order chi connectivity index (χ0) is 58.6. The molecule has 1 atom stereocenters. The fraction of sp³-hybridized carbons (Fsp3) is 1.00. The van der Waals surface area contributed by atoms with Gasteiger partial charge >= 0.3 is 6.18 Å². The largest absolute Gasteiger partial charge is 0.389 e. The van der Waals surface area contributed by atoms with E-state index in [4.69, 9.17) is 0 Å². The Hall–Kier alpha value is -0.210. The summed E-state index contributed by atoms with van der Waals surface area (Å²) >= 11 is 0. The Kier molecular flexibility index (Phi) is 70.4. The molecule has 0 fully saturated rings. The van der Waals surface area contributed by atoms with E-state index in [1.165, 1.54) is 430 Å². The van der Waals surface area contributed by atoms with Crippen molar-refractivity contribution in [1.82, 2.24) is 0 Å². The topological polar surface area (TPSA) is 0 Å². The standard InChI is InChI=1S/C78H155F3/c1-4-7-10-13-16-19-22-25-28-32-37-42-47-52-57-62-69-76(70-63-58-53-48-43-38-33-29-26-23-20-17-14-11-8-5-2)73-66-67-74-77(71-64-59-54-49-44-39-34-30-27-24-21-18-15-12-9-6-3)72-65-60-55-50-45-40-35-31-36-41-46-51-56-61-68-75-78(79,80)81/h76-77H,4-75H2,1-3H3. The summed E-state index contributed by atoms with van der Waals surface area (Å²) in [4.78, 5) is 0. The summed E-state index contributed by atoms with van der Waals surface area (Å²) in [5.41, 5.74) is 0. The lowest BCUT2D eigenvalue weighted by molar-refractivity contribution is -0.135. The maximum absolute atomic E-state index is 12.4. The fourth-order valence-electron chi connectivity index (χ4n) is 13.7. The molecule has 0 rings (SSSR count). The molecule has 0 amide bonds. The van der Waals surface area contributed by atoms with Gasteiger partial charge in [-0.05, 0) is 18.3 Å². The fourth-order valence-corrected chi connectivity index (χ4v) is 13.7. The van der Waals surface area contributed by atoms with Crippen molar-refractivity contribution in [2.45, 2.75) is 489 Å². The maximum Gasteiger partial charge on any atom is 0.389 e. The minimum Gasteiger partial charge on any atom is -0.171 e. The lowest BCUT2D eigenvalue weighted by Gasteiger charge is -2.20. The minimum atomic E-state index is -3.98. The normalized spacial score (nSPS) is 12.5. The molecule has 0 saturated heterocycles. The molecule has 0 aromatic heterocycles. The number of hydrogen-bond acceptors (Lipinski definition) is 0. The Bertz CT molecular complexity index is 1050. The van der Waals surface area contributed by atoms with Crippen molar-refractivity contribution in [1.29, 1.82) is 0 Å². The number of halogens is 3. The molecule has 488 valence electrons. The second-order valence-electron chi connectivity index (χ2n) is 27.7. The second-order valence-corrected chi connectivity index (χ2v) is 27.7. The van der Waals surface area contributed by atoms with E-state index in [1.54, 1.807) is 0 Å². The summed E-state index contributed by atoms with van der Waals surface area (Å²) in [5.74, 6) is 1.95. The first-order valence-corrected chi connectivity index (χ1v) is 39.0. The van der Waals surface area contributed by atoms with Gasteiger partial charge in [-0.1, -0.05) is 470 Å². The summed E-state index contributed by atoms with van der Waals surface area (Å²) in [6.07, 6.45) is 95.9. The van der Waals surface area contributed by atoms with Gasteiger partial charge in [0.15, 0.2) is 0 Å². The number of unbranched alkanes of at least 4 members (excludes halogenated alkanes) is 60. The SMILES string of the molecule is CCCCCCCCCCCCCCCCCCC(CCCCCCCCCCCCCCCCCC)CCCCC(CCCCCCCCCCCCCCCCCC)CCCCCCCCCCCCCCCCCC(F)(F)F. The van der Waals surface area contributed by atoms with Crippen LogP contribution in [0.1, 0.15) is 483 Å².